The van der Waals surface area contributed by atoms with Crippen molar-refractivity contribution in [3.63, 3.8) is 0 Å². The van der Waals surface area contributed by atoms with Crippen molar-refractivity contribution in [3.8, 4) is 0 Å². The Kier molecular flexibility index (Phi) is 5.65. The fraction of sp³-hybridized carbons (Fsp3) is 0.417. The second-order valence-electron chi connectivity index (χ2n) is 8.18. The fourth-order valence-electron chi connectivity index (χ4n) is 4.28. The van der Waals surface area contributed by atoms with Gasteiger partial charge >= 0.3 is 0 Å². The van der Waals surface area contributed by atoms with Crippen LogP contribution in [-0.2, 0) is 28.9 Å². The van der Waals surface area contributed by atoms with Crippen molar-refractivity contribution in [1.29, 1.82) is 0 Å². The average molecular weight is 394 g/mol. The van der Waals surface area contributed by atoms with E-state index in [4.69, 9.17) is 0 Å². The zero-order valence-corrected chi connectivity index (χ0v) is 16.7. The van der Waals surface area contributed by atoms with Gasteiger partial charge in [0.1, 0.15) is 6.17 Å². The van der Waals surface area contributed by atoms with Gasteiger partial charge in [-0.1, -0.05) is 55.5 Å². The molecule has 0 aromatic heterocycles. The van der Waals surface area contributed by atoms with Gasteiger partial charge in [-0.25, -0.2) is 4.39 Å². The number of aryl methyl sites for hydroxylation is 1. The largest absolute Gasteiger partial charge is 0.350 e. The van der Waals surface area contributed by atoms with E-state index in [9.17, 15) is 14.0 Å². The summed E-state index contributed by atoms with van der Waals surface area (Å²) in [6, 6.07) is 15.6. The molecule has 0 spiro atoms. The maximum Gasteiger partial charge on any atom is 0.224 e. The number of carbonyl (C=O) groups is 2. The Bertz CT molecular complexity index is 890. The number of benzene rings is 2. The molecule has 0 unspecified atom stereocenters. The molecule has 5 heteroatoms. The van der Waals surface area contributed by atoms with Gasteiger partial charge in [0.25, 0.3) is 0 Å². The minimum Gasteiger partial charge on any atom is -0.350 e. The summed E-state index contributed by atoms with van der Waals surface area (Å²) in [6.07, 6.45) is 1.69. The maximum absolute atomic E-state index is 13.1. The number of fused-ring (bicyclic) bond motifs is 1. The Morgan fingerprint density at radius 1 is 1.00 bits per heavy atom. The van der Waals surface area contributed by atoms with Gasteiger partial charge in [0.15, 0.2) is 0 Å². The predicted molar refractivity (Wildman–Crippen MR) is 110 cm³/mol. The van der Waals surface area contributed by atoms with Crippen molar-refractivity contribution in [3.05, 3.63) is 70.8 Å². The number of hydrogen-bond donors (Lipinski definition) is 2. The van der Waals surface area contributed by atoms with Crippen LogP contribution in [0.2, 0.25) is 0 Å². The molecule has 2 aliphatic rings. The minimum atomic E-state index is -0.865. The highest BCUT2D eigenvalue weighted by molar-refractivity contribution is 5.81. The van der Waals surface area contributed by atoms with E-state index in [0.29, 0.717) is 25.7 Å². The highest BCUT2D eigenvalue weighted by Crippen LogP contribution is 2.34. The van der Waals surface area contributed by atoms with Crippen LogP contribution in [0, 0.1) is 5.92 Å². The van der Waals surface area contributed by atoms with Crippen molar-refractivity contribution < 1.29 is 14.0 Å². The first-order valence-corrected chi connectivity index (χ1v) is 10.4. The Morgan fingerprint density at radius 3 is 2.38 bits per heavy atom. The Labute approximate surface area is 170 Å². The highest BCUT2D eigenvalue weighted by atomic mass is 19.1. The molecule has 0 aliphatic heterocycles. The summed E-state index contributed by atoms with van der Waals surface area (Å²) >= 11 is 0. The lowest BCUT2D eigenvalue weighted by atomic mass is 9.82. The maximum atomic E-state index is 13.1. The van der Waals surface area contributed by atoms with E-state index in [1.165, 1.54) is 5.56 Å². The third-order valence-electron chi connectivity index (χ3n) is 6.12. The molecule has 29 heavy (non-hydrogen) atoms. The van der Waals surface area contributed by atoms with Gasteiger partial charge in [0, 0.05) is 5.92 Å². The molecular weight excluding hydrogens is 367 g/mol. The van der Waals surface area contributed by atoms with Crippen molar-refractivity contribution in [2.24, 2.45) is 5.92 Å². The van der Waals surface area contributed by atoms with Crippen LogP contribution in [0.5, 0.6) is 0 Å². The molecule has 2 aromatic rings. The molecule has 4 rings (SSSR count). The van der Waals surface area contributed by atoms with Crippen LogP contribution in [-0.4, -0.2) is 24.0 Å². The molecule has 2 atom stereocenters. The molecule has 2 aliphatic carbocycles. The van der Waals surface area contributed by atoms with E-state index in [2.05, 4.69) is 17.6 Å². The summed E-state index contributed by atoms with van der Waals surface area (Å²) in [6.45, 7) is 2.10. The van der Waals surface area contributed by atoms with Gasteiger partial charge in [0.2, 0.25) is 11.8 Å². The molecule has 152 valence electrons. The topological polar surface area (TPSA) is 58.2 Å². The predicted octanol–water partition coefficient (Wildman–Crippen LogP) is 3.44. The van der Waals surface area contributed by atoms with Crippen LogP contribution < -0.4 is 10.6 Å². The van der Waals surface area contributed by atoms with Crippen molar-refractivity contribution in [2.45, 2.75) is 57.3 Å². The number of alkyl halides is 1. The van der Waals surface area contributed by atoms with Gasteiger partial charge in [-0.15, -0.1) is 0 Å². The standard InChI is InChI=1S/C24H27FN2O2/c1-2-15-7-9-16(10-8-15)11-22(28)26-21-14-17-5-3-4-6-20(17)23(21)27-24(29)18-12-19(25)13-18/h3-10,18-19,21,23H,2,11-14H2,1H3,(H,26,28)(H,27,29)/t18?,19?,21-,23-/m1/s1. The number of carbonyl (C=O) groups excluding carboxylic acids is 2. The lowest BCUT2D eigenvalue weighted by Crippen LogP contribution is -2.48. The smallest absolute Gasteiger partial charge is 0.224 e. The second kappa shape index (κ2) is 8.36. The van der Waals surface area contributed by atoms with Gasteiger partial charge in [-0.3, -0.25) is 9.59 Å². The first-order chi connectivity index (χ1) is 14.0. The van der Waals surface area contributed by atoms with Crippen molar-refractivity contribution >= 4 is 11.8 Å². The molecule has 0 saturated heterocycles. The summed E-state index contributed by atoms with van der Waals surface area (Å²) in [4.78, 5) is 25.2. The number of amides is 2. The minimum absolute atomic E-state index is 0.0567. The first-order valence-electron chi connectivity index (χ1n) is 10.4. The molecule has 4 nitrogen and oxygen atoms in total. The molecule has 2 amide bonds. The van der Waals surface area contributed by atoms with Gasteiger partial charge in [-0.05, 0) is 47.9 Å². The van der Waals surface area contributed by atoms with Crippen LogP contribution in [0.4, 0.5) is 4.39 Å². The molecule has 0 bridgehead atoms. The summed E-state index contributed by atoms with van der Waals surface area (Å²) < 4.78 is 13.1. The molecule has 2 aromatic carbocycles. The first kappa shape index (κ1) is 19.6. The number of rotatable bonds is 6. The van der Waals surface area contributed by atoms with E-state index in [0.717, 1.165) is 23.1 Å². The van der Waals surface area contributed by atoms with Gasteiger partial charge in [-0.2, -0.15) is 0 Å². The van der Waals surface area contributed by atoms with E-state index in [-0.39, 0.29) is 29.8 Å². The van der Waals surface area contributed by atoms with Crippen molar-refractivity contribution in [1.82, 2.24) is 10.6 Å². The summed E-state index contributed by atoms with van der Waals surface area (Å²) in [5.41, 5.74) is 4.39. The van der Waals surface area contributed by atoms with E-state index >= 15 is 0 Å². The van der Waals surface area contributed by atoms with E-state index in [1.807, 2.05) is 48.5 Å². The zero-order chi connectivity index (χ0) is 20.4. The molecule has 0 radical (unpaired) electrons. The van der Waals surface area contributed by atoms with Crippen LogP contribution >= 0.6 is 0 Å². The number of hydrogen-bond acceptors (Lipinski definition) is 2. The zero-order valence-electron chi connectivity index (χ0n) is 16.7. The molecule has 2 N–H and O–H groups in total. The summed E-state index contributed by atoms with van der Waals surface area (Å²) in [7, 11) is 0. The van der Waals surface area contributed by atoms with Gasteiger partial charge in [0.05, 0.1) is 18.5 Å². The summed E-state index contributed by atoms with van der Waals surface area (Å²) in [5, 5.41) is 6.19. The van der Waals surface area contributed by atoms with Crippen LogP contribution in [0.3, 0.4) is 0 Å². The second-order valence-corrected chi connectivity index (χ2v) is 8.18. The SMILES string of the molecule is CCc1ccc(CC(=O)N[C@@H]2Cc3ccccc3[C@H]2NC(=O)C2CC(F)C2)cc1. The number of nitrogens with one attached hydrogen (secondary N) is 2. The average Bonchev–Trinajstić information content (AvgIpc) is 3.03. The molecule has 1 saturated carbocycles. The summed E-state index contributed by atoms with van der Waals surface area (Å²) in [5.74, 6) is -0.431. The third kappa shape index (κ3) is 4.34. The van der Waals surface area contributed by atoms with E-state index < -0.39 is 6.17 Å². The van der Waals surface area contributed by atoms with Crippen molar-refractivity contribution in [2.75, 3.05) is 0 Å². The Hall–Kier alpha value is -2.69. The van der Waals surface area contributed by atoms with Crippen LogP contribution in [0.25, 0.3) is 0 Å². The lowest BCUT2D eigenvalue weighted by Gasteiger charge is -2.31. The van der Waals surface area contributed by atoms with Gasteiger partial charge < -0.3 is 10.6 Å². The van der Waals surface area contributed by atoms with Crippen LogP contribution in [0.1, 0.15) is 48.1 Å². The monoisotopic (exact) mass is 394 g/mol. The number of halogens is 1. The molecule has 0 heterocycles. The Morgan fingerprint density at radius 2 is 1.69 bits per heavy atom. The van der Waals surface area contributed by atoms with E-state index in [1.54, 1.807) is 0 Å². The normalized spacial score (nSPS) is 25.0. The molecular formula is C24H27FN2O2. The quantitative estimate of drug-likeness (QED) is 0.789. The third-order valence-corrected chi connectivity index (χ3v) is 6.12. The Balaban J connectivity index is 1.43. The lowest BCUT2D eigenvalue weighted by molar-refractivity contribution is -0.131. The van der Waals surface area contributed by atoms with Crippen LogP contribution in [0.15, 0.2) is 48.5 Å². The fourth-order valence-corrected chi connectivity index (χ4v) is 4.28. The molecule has 1 fully saturated rings. The highest BCUT2D eigenvalue weighted by Gasteiger charge is 2.39.